The van der Waals surface area contributed by atoms with E-state index in [1.165, 1.54) is 11.3 Å². The van der Waals surface area contributed by atoms with Crippen LogP contribution in [0.25, 0.3) is 10.6 Å². The van der Waals surface area contributed by atoms with Gasteiger partial charge in [-0.05, 0) is 45.0 Å². The van der Waals surface area contributed by atoms with Gasteiger partial charge in [0.1, 0.15) is 9.88 Å². The van der Waals surface area contributed by atoms with Crippen molar-refractivity contribution < 1.29 is 9.59 Å². The summed E-state index contributed by atoms with van der Waals surface area (Å²) in [5.41, 5.74) is 2.96. The molecule has 3 aromatic rings. The lowest BCUT2D eigenvalue weighted by molar-refractivity contribution is 0.0773. The molecule has 0 aliphatic heterocycles. The molecule has 2 aromatic carbocycles. The predicted octanol–water partition coefficient (Wildman–Crippen LogP) is 4.85. The fraction of sp³-hybridized carbons (Fsp3) is 0.227. The van der Waals surface area contributed by atoms with Crippen molar-refractivity contribution in [2.45, 2.75) is 20.8 Å². The first-order valence-corrected chi connectivity index (χ1v) is 10.1. The summed E-state index contributed by atoms with van der Waals surface area (Å²) in [4.78, 5) is 31.9. The summed E-state index contributed by atoms with van der Waals surface area (Å²) in [7, 11) is 0. The van der Waals surface area contributed by atoms with E-state index in [1.54, 1.807) is 29.2 Å². The summed E-state index contributed by atoms with van der Waals surface area (Å²) < 4.78 is 0. The third kappa shape index (κ3) is 4.28. The van der Waals surface area contributed by atoms with E-state index >= 15 is 0 Å². The van der Waals surface area contributed by atoms with E-state index in [1.807, 2.05) is 51.1 Å². The summed E-state index contributed by atoms with van der Waals surface area (Å²) in [5, 5.41) is 3.72. The van der Waals surface area contributed by atoms with Gasteiger partial charge in [-0.25, -0.2) is 4.98 Å². The van der Waals surface area contributed by atoms with Crippen molar-refractivity contribution >= 4 is 28.8 Å². The van der Waals surface area contributed by atoms with Crippen LogP contribution in [-0.4, -0.2) is 34.8 Å². The minimum absolute atomic E-state index is 0.00585. The smallest absolute Gasteiger partial charge is 0.267 e. The van der Waals surface area contributed by atoms with Gasteiger partial charge in [0.25, 0.3) is 11.8 Å². The van der Waals surface area contributed by atoms with Crippen LogP contribution in [0.5, 0.6) is 0 Å². The number of rotatable bonds is 6. The molecule has 1 N–H and O–H groups in total. The quantitative estimate of drug-likeness (QED) is 0.651. The summed E-state index contributed by atoms with van der Waals surface area (Å²) in [6, 6.07) is 16.8. The number of nitrogens with zero attached hydrogens (tertiary/aromatic N) is 2. The summed E-state index contributed by atoms with van der Waals surface area (Å²) in [6.45, 7) is 7.09. The fourth-order valence-electron chi connectivity index (χ4n) is 2.89. The average molecular weight is 394 g/mol. The zero-order valence-corrected chi connectivity index (χ0v) is 17.0. The van der Waals surface area contributed by atoms with Gasteiger partial charge in [-0.2, -0.15) is 0 Å². The number of amides is 2. The van der Waals surface area contributed by atoms with Crippen molar-refractivity contribution in [1.29, 1.82) is 0 Å². The van der Waals surface area contributed by atoms with E-state index in [0.29, 0.717) is 34.9 Å². The van der Waals surface area contributed by atoms with Crippen molar-refractivity contribution in [1.82, 2.24) is 9.88 Å². The van der Waals surface area contributed by atoms with Crippen LogP contribution in [0.2, 0.25) is 0 Å². The van der Waals surface area contributed by atoms with Crippen LogP contribution in [0.15, 0.2) is 54.6 Å². The van der Waals surface area contributed by atoms with Crippen LogP contribution in [0, 0.1) is 6.92 Å². The Labute approximate surface area is 169 Å². The van der Waals surface area contributed by atoms with Crippen LogP contribution in [0.3, 0.4) is 0 Å². The Hall–Kier alpha value is -2.99. The summed E-state index contributed by atoms with van der Waals surface area (Å²) in [5.74, 6) is -0.200. The first kappa shape index (κ1) is 19.8. The summed E-state index contributed by atoms with van der Waals surface area (Å²) >= 11 is 1.37. The summed E-state index contributed by atoms with van der Waals surface area (Å²) in [6.07, 6.45) is 0. The lowest BCUT2D eigenvalue weighted by Gasteiger charge is -2.18. The van der Waals surface area contributed by atoms with Gasteiger partial charge in [0, 0.05) is 29.9 Å². The molecule has 0 aliphatic carbocycles. The predicted molar refractivity (Wildman–Crippen MR) is 114 cm³/mol. The zero-order valence-electron chi connectivity index (χ0n) is 16.2. The SMILES string of the molecule is CCN(CC)C(=O)c1ccc(NC(=O)c2sc(-c3ccccc3)nc2C)cc1. The van der Waals surface area contributed by atoms with Crippen molar-refractivity contribution in [3.8, 4) is 10.6 Å². The number of aromatic nitrogens is 1. The molecule has 0 radical (unpaired) electrons. The van der Waals surface area contributed by atoms with E-state index in [2.05, 4.69) is 10.3 Å². The number of hydrogen-bond acceptors (Lipinski definition) is 4. The van der Waals surface area contributed by atoms with Gasteiger partial charge in [0.2, 0.25) is 0 Å². The Morgan fingerprint density at radius 1 is 1.00 bits per heavy atom. The van der Waals surface area contributed by atoms with Gasteiger partial charge in [-0.1, -0.05) is 30.3 Å². The molecule has 28 heavy (non-hydrogen) atoms. The normalized spacial score (nSPS) is 10.5. The molecule has 0 saturated carbocycles. The van der Waals surface area contributed by atoms with Crippen LogP contribution in [0.4, 0.5) is 5.69 Å². The van der Waals surface area contributed by atoms with Gasteiger partial charge in [-0.15, -0.1) is 11.3 Å². The van der Waals surface area contributed by atoms with Crippen molar-refractivity contribution in [3.63, 3.8) is 0 Å². The van der Waals surface area contributed by atoms with Crippen molar-refractivity contribution in [3.05, 3.63) is 70.7 Å². The fourth-order valence-corrected chi connectivity index (χ4v) is 3.86. The number of aryl methyl sites for hydroxylation is 1. The molecule has 0 bridgehead atoms. The third-order valence-corrected chi connectivity index (χ3v) is 5.67. The zero-order chi connectivity index (χ0) is 20.1. The second-order valence-electron chi connectivity index (χ2n) is 6.31. The first-order chi connectivity index (χ1) is 13.5. The highest BCUT2D eigenvalue weighted by atomic mass is 32.1. The maximum atomic E-state index is 12.7. The van der Waals surface area contributed by atoms with E-state index in [-0.39, 0.29) is 11.8 Å². The van der Waals surface area contributed by atoms with E-state index < -0.39 is 0 Å². The van der Waals surface area contributed by atoms with Crippen LogP contribution in [-0.2, 0) is 0 Å². The van der Waals surface area contributed by atoms with Crippen LogP contribution < -0.4 is 5.32 Å². The maximum Gasteiger partial charge on any atom is 0.267 e. The molecule has 0 spiro atoms. The van der Waals surface area contributed by atoms with Gasteiger partial charge < -0.3 is 10.2 Å². The van der Waals surface area contributed by atoms with E-state index in [9.17, 15) is 9.59 Å². The van der Waals surface area contributed by atoms with E-state index in [0.717, 1.165) is 10.6 Å². The van der Waals surface area contributed by atoms with Gasteiger partial charge in [-0.3, -0.25) is 9.59 Å². The molecule has 144 valence electrons. The Balaban J connectivity index is 1.73. The lowest BCUT2D eigenvalue weighted by atomic mass is 10.1. The molecule has 2 amide bonds. The number of hydrogen-bond donors (Lipinski definition) is 1. The van der Waals surface area contributed by atoms with Crippen molar-refractivity contribution in [2.75, 3.05) is 18.4 Å². The molecule has 3 rings (SSSR count). The molecule has 0 unspecified atom stereocenters. The lowest BCUT2D eigenvalue weighted by Crippen LogP contribution is -2.30. The number of carbonyl (C=O) groups excluding carboxylic acids is 2. The second kappa shape index (κ2) is 8.80. The van der Waals surface area contributed by atoms with Crippen molar-refractivity contribution in [2.24, 2.45) is 0 Å². The number of nitrogens with one attached hydrogen (secondary N) is 1. The first-order valence-electron chi connectivity index (χ1n) is 9.27. The van der Waals surface area contributed by atoms with E-state index in [4.69, 9.17) is 0 Å². The van der Waals surface area contributed by atoms with Gasteiger partial charge in [0.15, 0.2) is 0 Å². The molecule has 6 heteroatoms. The highest BCUT2D eigenvalue weighted by Crippen LogP contribution is 2.28. The molecule has 1 aromatic heterocycles. The molecule has 1 heterocycles. The Morgan fingerprint density at radius 2 is 1.64 bits per heavy atom. The molecule has 0 fully saturated rings. The van der Waals surface area contributed by atoms with Gasteiger partial charge in [0.05, 0.1) is 5.69 Å². The average Bonchev–Trinajstić information content (AvgIpc) is 3.12. The molecule has 0 atom stereocenters. The Bertz CT molecular complexity index is 961. The monoisotopic (exact) mass is 393 g/mol. The standard InChI is InChI=1S/C22H23N3O2S/c1-4-25(5-2)22(27)17-11-13-18(14-12-17)24-20(26)19-15(3)23-21(28-19)16-9-7-6-8-10-16/h6-14H,4-5H2,1-3H3,(H,24,26). The molecular weight excluding hydrogens is 370 g/mol. The molecule has 5 nitrogen and oxygen atoms in total. The number of anilines is 1. The van der Waals surface area contributed by atoms with Crippen LogP contribution >= 0.6 is 11.3 Å². The van der Waals surface area contributed by atoms with Gasteiger partial charge >= 0.3 is 0 Å². The number of carbonyl (C=O) groups is 2. The van der Waals surface area contributed by atoms with Crippen LogP contribution in [0.1, 0.15) is 39.6 Å². The third-order valence-electron chi connectivity index (χ3n) is 4.46. The molecule has 0 saturated heterocycles. The number of benzene rings is 2. The Morgan fingerprint density at radius 3 is 2.25 bits per heavy atom. The number of thiazole rings is 1. The minimum Gasteiger partial charge on any atom is -0.339 e. The second-order valence-corrected chi connectivity index (χ2v) is 7.31. The Kier molecular flexibility index (Phi) is 6.21. The molecule has 0 aliphatic rings. The minimum atomic E-state index is -0.194. The highest BCUT2D eigenvalue weighted by molar-refractivity contribution is 7.17. The highest BCUT2D eigenvalue weighted by Gasteiger charge is 2.17. The molecular formula is C22H23N3O2S. The largest absolute Gasteiger partial charge is 0.339 e. The topological polar surface area (TPSA) is 62.3 Å². The maximum absolute atomic E-state index is 12.7.